The van der Waals surface area contributed by atoms with Gasteiger partial charge < -0.3 is 11.1 Å². The van der Waals surface area contributed by atoms with Gasteiger partial charge in [-0.3, -0.25) is 19.7 Å². The molecule has 0 fully saturated rings. The van der Waals surface area contributed by atoms with Gasteiger partial charge in [0.15, 0.2) is 0 Å². The Morgan fingerprint density at radius 2 is 1.88 bits per heavy atom. The highest BCUT2D eigenvalue weighted by atomic mass is 35.5. The summed E-state index contributed by atoms with van der Waals surface area (Å²) in [5, 5.41) is 13.6. The maximum absolute atomic E-state index is 12.1. The molecule has 7 nitrogen and oxygen atoms in total. The molecule has 0 aromatic heterocycles. The molecular weight excluding hydrogens is 346 g/mol. The van der Waals surface area contributed by atoms with E-state index in [1.165, 1.54) is 18.2 Å². The van der Waals surface area contributed by atoms with Crippen molar-refractivity contribution in [1.82, 2.24) is 5.32 Å². The van der Waals surface area contributed by atoms with E-state index in [-0.39, 0.29) is 22.8 Å². The van der Waals surface area contributed by atoms with Crippen molar-refractivity contribution in [1.29, 1.82) is 0 Å². The molecule has 0 bridgehead atoms. The van der Waals surface area contributed by atoms with Crippen LogP contribution in [0.25, 0.3) is 0 Å². The van der Waals surface area contributed by atoms with E-state index in [2.05, 4.69) is 17.2 Å². The number of nitrogens with zero attached hydrogens (tertiary/aromatic N) is 1. The first-order chi connectivity index (χ1) is 11.9. The number of benzene rings is 2. The Hall–Kier alpha value is -3.37. The van der Waals surface area contributed by atoms with Gasteiger partial charge in [0.1, 0.15) is 5.56 Å². The molecule has 25 heavy (non-hydrogen) atoms. The van der Waals surface area contributed by atoms with Crippen LogP contribution in [-0.2, 0) is 0 Å². The van der Waals surface area contributed by atoms with E-state index < -0.39 is 16.7 Å². The van der Waals surface area contributed by atoms with Crippen molar-refractivity contribution in [3.8, 4) is 11.8 Å². The second-order valence-electron chi connectivity index (χ2n) is 4.84. The average molecular weight is 358 g/mol. The highest BCUT2D eigenvalue weighted by Crippen LogP contribution is 2.22. The molecule has 2 aromatic carbocycles. The van der Waals surface area contributed by atoms with E-state index in [9.17, 15) is 19.7 Å². The molecule has 0 unspecified atom stereocenters. The molecule has 0 heterocycles. The SMILES string of the molecule is NC(=O)c1ccc(C#CCNC(=O)c2cc(Cl)ccc2[N+](=O)[O-])cc1. The lowest BCUT2D eigenvalue weighted by atomic mass is 10.1. The van der Waals surface area contributed by atoms with E-state index in [1.54, 1.807) is 24.3 Å². The topological polar surface area (TPSA) is 115 Å². The van der Waals surface area contributed by atoms with Crippen molar-refractivity contribution in [2.75, 3.05) is 6.54 Å². The van der Waals surface area contributed by atoms with Crippen LogP contribution in [0.5, 0.6) is 0 Å². The average Bonchev–Trinajstić information content (AvgIpc) is 2.58. The second-order valence-corrected chi connectivity index (χ2v) is 5.28. The van der Waals surface area contributed by atoms with Crippen molar-refractivity contribution in [3.63, 3.8) is 0 Å². The number of halogens is 1. The van der Waals surface area contributed by atoms with Crippen molar-refractivity contribution < 1.29 is 14.5 Å². The highest BCUT2D eigenvalue weighted by Gasteiger charge is 2.19. The number of hydrogen-bond donors (Lipinski definition) is 2. The van der Waals surface area contributed by atoms with Gasteiger partial charge >= 0.3 is 0 Å². The second kappa shape index (κ2) is 7.95. The number of carbonyl (C=O) groups is 2. The van der Waals surface area contributed by atoms with Crippen molar-refractivity contribution in [2.45, 2.75) is 0 Å². The van der Waals surface area contributed by atoms with Gasteiger partial charge in [0.25, 0.3) is 11.6 Å². The van der Waals surface area contributed by atoms with Gasteiger partial charge in [0.05, 0.1) is 11.5 Å². The monoisotopic (exact) mass is 357 g/mol. The quantitative estimate of drug-likeness (QED) is 0.495. The van der Waals surface area contributed by atoms with E-state index in [0.29, 0.717) is 11.1 Å². The Balaban J connectivity index is 2.03. The summed E-state index contributed by atoms with van der Waals surface area (Å²) in [5.74, 6) is 4.32. The summed E-state index contributed by atoms with van der Waals surface area (Å²) in [7, 11) is 0. The van der Waals surface area contributed by atoms with Crippen molar-refractivity contribution in [2.24, 2.45) is 5.73 Å². The van der Waals surface area contributed by atoms with Gasteiger partial charge in [-0.05, 0) is 36.4 Å². The molecule has 8 heteroatoms. The minimum atomic E-state index is -0.656. The number of rotatable bonds is 4. The smallest absolute Gasteiger partial charge is 0.282 e. The molecule has 0 radical (unpaired) electrons. The third-order valence-corrected chi connectivity index (χ3v) is 3.37. The fourth-order valence-corrected chi connectivity index (χ4v) is 2.11. The Morgan fingerprint density at radius 3 is 2.48 bits per heavy atom. The van der Waals surface area contributed by atoms with Gasteiger partial charge in [0.2, 0.25) is 5.91 Å². The summed E-state index contributed by atoms with van der Waals surface area (Å²) in [4.78, 5) is 33.3. The van der Waals surface area contributed by atoms with Crippen LogP contribution in [0.4, 0.5) is 5.69 Å². The normalized spacial score (nSPS) is 9.64. The lowest BCUT2D eigenvalue weighted by Crippen LogP contribution is -2.24. The van der Waals surface area contributed by atoms with Crippen LogP contribution in [0.15, 0.2) is 42.5 Å². The number of carbonyl (C=O) groups excluding carboxylic acids is 2. The molecule has 0 saturated heterocycles. The van der Waals surface area contributed by atoms with Crippen LogP contribution in [0, 0.1) is 22.0 Å². The van der Waals surface area contributed by atoms with Gasteiger partial charge in [-0.25, -0.2) is 0 Å². The van der Waals surface area contributed by atoms with E-state index in [1.807, 2.05) is 0 Å². The zero-order valence-electron chi connectivity index (χ0n) is 12.8. The lowest BCUT2D eigenvalue weighted by molar-refractivity contribution is -0.385. The predicted molar refractivity (Wildman–Crippen MR) is 92.3 cm³/mol. The van der Waals surface area contributed by atoms with Crippen molar-refractivity contribution in [3.05, 3.63) is 74.3 Å². The zero-order valence-corrected chi connectivity index (χ0v) is 13.5. The van der Waals surface area contributed by atoms with E-state index in [4.69, 9.17) is 17.3 Å². The largest absolute Gasteiger partial charge is 0.366 e. The number of amides is 2. The van der Waals surface area contributed by atoms with E-state index >= 15 is 0 Å². The molecule has 2 aromatic rings. The zero-order chi connectivity index (χ0) is 18.4. The first-order valence-electron chi connectivity index (χ1n) is 6.99. The summed E-state index contributed by atoms with van der Waals surface area (Å²) >= 11 is 5.78. The number of nitro groups is 1. The summed E-state index contributed by atoms with van der Waals surface area (Å²) in [6.07, 6.45) is 0. The van der Waals surface area contributed by atoms with E-state index in [0.717, 1.165) is 0 Å². The van der Waals surface area contributed by atoms with Crippen molar-refractivity contribution >= 4 is 29.1 Å². The standard InChI is InChI=1S/C17H12ClN3O4/c18-13-7-8-15(21(24)25)14(10-13)17(23)20-9-1-2-11-3-5-12(6-4-11)16(19)22/h3-8,10H,9H2,(H2,19,22)(H,20,23). The van der Waals surface area contributed by atoms with Gasteiger partial charge in [-0.1, -0.05) is 23.4 Å². The molecule has 0 aliphatic heterocycles. The molecule has 0 spiro atoms. The van der Waals surface area contributed by atoms with Crippen LogP contribution in [0.2, 0.25) is 5.02 Å². The first-order valence-corrected chi connectivity index (χ1v) is 7.37. The lowest BCUT2D eigenvalue weighted by Gasteiger charge is -2.03. The molecule has 126 valence electrons. The maximum atomic E-state index is 12.1. The molecule has 3 N–H and O–H groups in total. The fourth-order valence-electron chi connectivity index (χ4n) is 1.93. The van der Waals surface area contributed by atoms with Gasteiger partial charge in [-0.2, -0.15) is 0 Å². The van der Waals surface area contributed by atoms with Gasteiger partial charge in [0, 0.05) is 22.2 Å². The molecular formula is C17H12ClN3O4. The highest BCUT2D eigenvalue weighted by molar-refractivity contribution is 6.31. The maximum Gasteiger partial charge on any atom is 0.282 e. The summed E-state index contributed by atoms with van der Waals surface area (Å²) < 4.78 is 0. The minimum absolute atomic E-state index is 0.0138. The number of nitrogens with one attached hydrogen (secondary N) is 1. The molecule has 0 atom stereocenters. The Labute approximate surface area is 147 Å². The predicted octanol–water partition coefficient (Wildman–Crippen LogP) is 2.13. The number of nitro benzene ring substituents is 1. The van der Waals surface area contributed by atoms with Crippen LogP contribution >= 0.6 is 11.6 Å². The van der Waals surface area contributed by atoms with Gasteiger partial charge in [-0.15, -0.1) is 0 Å². The fraction of sp³-hybridized carbons (Fsp3) is 0.0588. The third-order valence-electron chi connectivity index (χ3n) is 3.14. The van der Waals surface area contributed by atoms with Crippen LogP contribution < -0.4 is 11.1 Å². The number of nitrogens with two attached hydrogens (primary N) is 1. The molecule has 0 aliphatic rings. The first kappa shape index (κ1) is 18.0. The molecule has 2 amide bonds. The Bertz CT molecular complexity index is 898. The Morgan fingerprint density at radius 1 is 1.20 bits per heavy atom. The number of primary amides is 1. The van der Waals surface area contributed by atoms with Crippen LogP contribution in [-0.4, -0.2) is 23.3 Å². The summed E-state index contributed by atoms with van der Waals surface area (Å²) in [5.41, 5.74) is 5.67. The Kier molecular flexibility index (Phi) is 5.71. The summed E-state index contributed by atoms with van der Waals surface area (Å²) in [6, 6.07) is 10.1. The minimum Gasteiger partial charge on any atom is -0.366 e. The molecule has 0 saturated carbocycles. The van der Waals surface area contributed by atoms with Crippen LogP contribution in [0.1, 0.15) is 26.3 Å². The summed E-state index contributed by atoms with van der Waals surface area (Å²) in [6.45, 7) is -0.0138. The van der Waals surface area contributed by atoms with Crippen LogP contribution in [0.3, 0.4) is 0 Å². The number of hydrogen-bond acceptors (Lipinski definition) is 4. The molecule has 2 rings (SSSR count). The molecule has 0 aliphatic carbocycles. The third kappa shape index (κ3) is 4.80.